The molecule has 1 heterocycles. The van der Waals surface area contributed by atoms with Gasteiger partial charge in [-0.15, -0.1) is 0 Å². The molecule has 0 fully saturated rings. The number of carbonyl (C=O) groups excluding carboxylic acids is 1. The van der Waals surface area contributed by atoms with Gasteiger partial charge in [0.2, 0.25) is 5.91 Å². The summed E-state index contributed by atoms with van der Waals surface area (Å²) in [4.78, 5) is 16.0. The lowest BCUT2D eigenvalue weighted by Gasteiger charge is -2.33. The molecule has 4 nitrogen and oxygen atoms in total. The number of rotatable bonds is 20. The minimum Gasteiger partial charge on any atom is -0.351 e. The van der Waals surface area contributed by atoms with Crippen LogP contribution in [0.5, 0.6) is 0 Å². The SMILES string of the molecule is CCCCCCCCCCC/C=C/CCCCCC1=NCC[N+]1(CC)CCNC(C)=O. The monoisotopic (exact) mass is 434 g/mol. The summed E-state index contributed by atoms with van der Waals surface area (Å²) in [6.45, 7) is 11.0. The minimum atomic E-state index is 0.0674. The summed E-state index contributed by atoms with van der Waals surface area (Å²) in [5.41, 5.74) is 0. The van der Waals surface area contributed by atoms with Gasteiger partial charge >= 0.3 is 0 Å². The summed E-state index contributed by atoms with van der Waals surface area (Å²) < 4.78 is 0.985. The van der Waals surface area contributed by atoms with Gasteiger partial charge in [-0.3, -0.25) is 9.28 Å². The van der Waals surface area contributed by atoms with Crippen LogP contribution < -0.4 is 5.32 Å². The first-order valence-electron chi connectivity index (χ1n) is 13.4. The molecule has 0 saturated heterocycles. The van der Waals surface area contributed by atoms with E-state index in [0.29, 0.717) is 0 Å². The highest BCUT2D eigenvalue weighted by Gasteiger charge is 2.35. The molecular formula is C27H52N3O+. The van der Waals surface area contributed by atoms with Crippen LogP contribution >= 0.6 is 0 Å². The number of aliphatic imine (C=N–C) groups is 1. The van der Waals surface area contributed by atoms with E-state index in [1.807, 2.05) is 0 Å². The van der Waals surface area contributed by atoms with Gasteiger partial charge in [0.25, 0.3) is 0 Å². The van der Waals surface area contributed by atoms with E-state index >= 15 is 0 Å². The molecular weight excluding hydrogens is 382 g/mol. The molecule has 1 rings (SSSR count). The van der Waals surface area contributed by atoms with Crippen LogP contribution in [0.25, 0.3) is 0 Å². The van der Waals surface area contributed by atoms with Crippen LogP contribution in [0.2, 0.25) is 0 Å². The van der Waals surface area contributed by atoms with Gasteiger partial charge in [0, 0.05) is 13.3 Å². The van der Waals surface area contributed by atoms with Crippen molar-refractivity contribution < 1.29 is 9.28 Å². The lowest BCUT2D eigenvalue weighted by Crippen LogP contribution is -2.54. The summed E-state index contributed by atoms with van der Waals surface area (Å²) in [5.74, 6) is 1.44. The number of carbonyl (C=O) groups is 1. The van der Waals surface area contributed by atoms with Crippen LogP contribution in [0, 0.1) is 0 Å². The zero-order valence-corrected chi connectivity index (χ0v) is 21.1. The summed E-state index contributed by atoms with van der Waals surface area (Å²) >= 11 is 0. The fourth-order valence-electron chi connectivity index (χ4n) is 4.68. The van der Waals surface area contributed by atoms with Crippen LogP contribution in [0.3, 0.4) is 0 Å². The number of likely N-dealkylation sites (N-methyl/N-ethyl adjacent to an activating group) is 1. The maximum Gasteiger partial charge on any atom is 0.217 e. The number of nitrogens with one attached hydrogen (secondary N) is 1. The Hall–Kier alpha value is -1.16. The molecule has 1 aliphatic rings. The molecule has 1 N–H and O–H groups in total. The van der Waals surface area contributed by atoms with Crippen molar-refractivity contribution in [1.29, 1.82) is 0 Å². The smallest absolute Gasteiger partial charge is 0.217 e. The van der Waals surface area contributed by atoms with Crippen LogP contribution in [0.1, 0.15) is 117 Å². The lowest BCUT2D eigenvalue weighted by molar-refractivity contribution is -0.833. The number of nitrogens with zero attached hydrogens (tertiary/aromatic N) is 2. The fourth-order valence-corrected chi connectivity index (χ4v) is 4.68. The average Bonchev–Trinajstić information content (AvgIpc) is 3.16. The molecule has 1 aliphatic heterocycles. The number of amides is 1. The molecule has 0 bridgehead atoms. The van der Waals surface area contributed by atoms with Gasteiger partial charge in [0.1, 0.15) is 13.1 Å². The molecule has 0 saturated carbocycles. The third kappa shape index (κ3) is 13.1. The summed E-state index contributed by atoms with van der Waals surface area (Å²) in [5, 5.41) is 2.96. The maximum absolute atomic E-state index is 11.2. The minimum absolute atomic E-state index is 0.0674. The number of hydrogen-bond acceptors (Lipinski definition) is 2. The van der Waals surface area contributed by atoms with Crippen molar-refractivity contribution in [2.45, 2.75) is 117 Å². The van der Waals surface area contributed by atoms with Crippen molar-refractivity contribution in [2.24, 2.45) is 4.99 Å². The van der Waals surface area contributed by atoms with Crippen molar-refractivity contribution in [2.75, 3.05) is 32.7 Å². The second kappa shape index (κ2) is 18.4. The molecule has 180 valence electrons. The molecule has 0 aromatic heterocycles. The zero-order chi connectivity index (χ0) is 22.6. The highest BCUT2D eigenvalue weighted by atomic mass is 16.1. The summed E-state index contributed by atoms with van der Waals surface area (Å²) in [7, 11) is 0. The quantitative estimate of drug-likeness (QED) is 0.128. The molecule has 1 amide bonds. The first-order valence-corrected chi connectivity index (χ1v) is 13.4. The normalized spacial score (nSPS) is 18.6. The lowest BCUT2D eigenvalue weighted by atomic mass is 10.1. The highest BCUT2D eigenvalue weighted by molar-refractivity contribution is 5.77. The second-order valence-electron chi connectivity index (χ2n) is 9.38. The Morgan fingerprint density at radius 2 is 1.48 bits per heavy atom. The van der Waals surface area contributed by atoms with Crippen LogP contribution in [0.4, 0.5) is 0 Å². The Balaban J connectivity index is 2.00. The Morgan fingerprint density at radius 1 is 0.903 bits per heavy atom. The number of allylic oxidation sites excluding steroid dienone is 2. The van der Waals surface area contributed by atoms with Crippen molar-refractivity contribution >= 4 is 11.7 Å². The first-order chi connectivity index (χ1) is 15.1. The Labute approximate surface area is 193 Å². The number of hydrogen-bond donors (Lipinski definition) is 1. The third-order valence-electron chi connectivity index (χ3n) is 6.80. The van der Waals surface area contributed by atoms with E-state index in [1.54, 1.807) is 6.92 Å². The summed E-state index contributed by atoms with van der Waals surface area (Å²) in [6, 6.07) is 0. The molecule has 0 spiro atoms. The number of unbranched alkanes of at least 4 members (excludes halogenated alkanes) is 12. The second-order valence-corrected chi connectivity index (χ2v) is 9.38. The first kappa shape index (κ1) is 27.9. The number of amidine groups is 1. The van der Waals surface area contributed by atoms with E-state index in [2.05, 4.69) is 31.3 Å². The predicted molar refractivity (Wildman–Crippen MR) is 136 cm³/mol. The largest absolute Gasteiger partial charge is 0.351 e. The van der Waals surface area contributed by atoms with Crippen molar-refractivity contribution in [3.8, 4) is 0 Å². The third-order valence-corrected chi connectivity index (χ3v) is 6.80. The van der Waals surface area contributed by atoms with Gasteiger partial charge in [0.15, 0.2) is 5.84 Å². The standard InChI is InChI=1S/C27H51N3O/c1-4-6-7-8-9-10-11-12-13-14-15-16-17-18-19-20-21-27-29-23-25-30(27,5-2)24-22-28-26(3)31/h15-16H,4-14,17-25H2,1-3H3/p+1/b16-15+. The zero-order valence-electron chi connectivity index (χ0n) is 21.1. The maximum atomic E-state index is 11.2. The van der Waals surface area contributed by atoms with Gasteiger partial charge in [-0.2, -0.15) is 0 Å². The highest BCUT2D eigenvalue weighted by Crippen LogP contribution is 2.19. The van der Waals surface area contributed by atoms with E-state index in [1.165, 1.54) is 95.7 Å². The molecule has 4 heteroatoms. The van der Waals surface area contributed by atoms with Gasteiger partial charge in [-0.05, 0) is 39.0 Å². The van der Waals surface area contributed by atoms with Crippen LogP contribution in [-0.2, 0) is 4.79 Å². The topological polar surface area (TPSA) is 41.5 Å². The van der Waals surface area contributed by atoms with Crippen LogP contribution in [0.15, 0.2) is 17.1 Å². The van der Waals surface area contributed by atoms with E-state index < -0.39 is 0 Å². The average molecular weight is 435 g/mol. The molecule has 0 aromatic carbocycles. The van der Waals surface area contributed by atoms with Gasteiger partial charge in [0.05, 0.1) is 19.6 Å². The fraction of sp³-hybridized carbons (Fsp3) is 0.852. The van der Waals surface area contributed by atoms with Crippen molar-refractivity contribution in [1.82, 2.24) is 5.32 Å². The molecule has 31 heavy (non-hydrogen) atoms. The molecule has 1 atom stereocenters. The van der Waals surface area contributed by atoms with Gasteiger partial charge in [-0.1, -0.05) is 76.9 Å². The van der Waals surface area contributed by atoms with Crippen LogP contribution in [-0.4, -0.2) is 48.9 Å². The Bertz CT molecular complexity index is 515. The van der Waals surface area contributed by atoms with E-state index in [4.69, 9.17) is 4.99 Å². The Kier molecular flexibility index (Phi) is 16.6. The molecule has 0 aromatic rings. The Morgan fingerprint density at radius 3 is 2.06 bits per heavy atom. The van der Waals surface area contributed by atoms with Gasteiger partial charge < -0.3 is 5.32 Å². The predicted octanol–water partition coefficient (Wildman–Crippen LogP) is 6.80. The molecule has 0 radical (unpaired) electrons. The summed E-state index contributed by atoms with van der Waals surface area (Å²) in [6.07, 6.45) is 24.9. The van der Waals surface area contributed by atoms with Gasteiger partial charge in [-0.25, -0.2) is 4.99 Å². The molecule has 1 unspecified atom stereocenters. The number of quaternary nitrogens is 1. The van der Waals surface area contributed by atoms with E-state index in [9.17, 15) is 4.79 Å². The van der Waals surface area contributed by atoms with Crippen molar-refractivity contribution in [3.05, 3.63) is 12.2 Å². The van der Waals surface area contributed by atoms with E-state index in [-0.39, 0.29) is 5.91 Å². The molecule has 0 aliphatic carbocycles. The van der Waals surface area contributed by atoms with E-state index in [0.717, 1.165) is 43.6 Å². The van der Waals surface area contributed by atoms with Crippen molar-refractivity contribution in [3.63, 3.8) is 0 Å².